The molecule has 2 aromatic rings. The Labute approximate surface area is 178 Å². The summed E-state index contributed by atoms with van der Waals surface area (Å²) in [6.07, 6.45) is 9.11. The van der Waals surface area contributed by atoms with E-state index in [0.717, 1.165) is 49.4 Å². The number of hydrogen-bond acceptors (Lipinski definition) is 8. The van der Waals surface area contributed by atoms with E-state index in [1.807, 2.05) is 37.5 Å². The van der Waals surface area contributed by atoms with Crippen LogP contribution < -0.4 is 19.5 Å². The van der Waals surface area contributed by atoms with E-state index in [1.54, 1.807) is 12.1 Å². The van der Waals surface area contributed by atoms with E-state index < -0.39 is 0 Å². The highest BCUT2D eigenvalue weighted by molar-refractivity contribution is 5.80. The van der Waals surface area contributed by atoms with Crippen LogP contribution >= 0.6 is 0 Å². The minimum atomic E-state index is 0.580. The maximum atomic E-state index is 5.21. The Balaban J connectivity index is 1.58. The average Bonchev–Trinajstić information content (AvgIpc) is 2.83. The number of nitrogens with zero attached hydrogens (tertiary/aromatic N) is 7. The van der Waals surface area contributed by atoms with Crippen molar-refractivity contribution in [3.8, 4) is 5.75 Å². The third-order valence-corrected chi connectivity index (χ3v) is 5.66. The Hall–Kier alpha value is -2.90. The molecule has 160 valence electrons. The number of methoxy groups -OCH3 is 1. The maximum Gasteiger partial charge on any atom is 0.252 e. The summed E-state index contributed by atoms with van der Waals surface area (Å²) in [6.45, 7) is 4.01. The van der Waals surface area contributed by atoms with Crippen molar-refractivity contribution in [2.24, 2.45) is 5.10 Å². The van der Waals surface area contributed by atoms with Crippen LogP contribution in [0.4, 0.5) is 17.8 Å². The summed E-state index contributed by atoms with van der Waals surface area (Å²) in [5, 5.41) is 6.30. The first kappa shape index (κ1) is 20.4. The van der Waals surface area contributed by atoms with Gasteiger partial charge in [0.2, 0.25) is 11.9 Å². The van der Waals surface area contributed by atoms with Gasteiger partial charge in [0.25, 0.3) is 5.95 Å². The monoisotopic (exact) mass is 409 g/mol. The third kappa shape index (κ3) is 4.98. The number of piperidine rings is 2. The molecular formula is C22H31N7O. The average molecular weight is 410 g/mol. The van der Waals surface area contributed by atoms with Crippen LogP contribution in [0, 0.1) is 0 Å². The number of ether oxygens (including phenoxy) is 1. The van der Waals surface area contributed by atoms with Crippen LogP contribution in [0.25, 0.3) is 0 Å². The van der Waals surface area contributed by atoms with Gasteiger partial charge in [0.1, 0.15) is 5.75 Å². The lowest BCUT2D eigenvalue weighted by Gasteiger charge is -2.30. The van der Waals surface area contributed by atoms with Crippen molar-refractivity contribution < 1.29 is 4.74 Å². The molecular weight excluding hydrogens is 378 g/mol. The number of anilines is 3. The Kier molecular flexibility index (Phi) is 6.61. The first-order valence-corrected chi connectivity index (χ1v) is 10.9. The van der Waals surface area contributed by atoms with E-state index in [-0.39, 0.29) is 0 Å². The van der Waals surface area contributed by atoms with Gasteiger partial charge >= 0.3 is 0 Å². The first-order chi connectivity index (χ1) is 14.7. The van der Waals surface area contributed by atoms with Gasteiger partial charge in [0, 0.05) is 33.2 Å². The molecule has 0 atom stereocenters. The van der Waals surface area contributed by atoms with Gasteiger partial charge in [0.05, 0.1) is 13.3 Å². The van der Waals surface area contributed by atoms with Gasteiger partial charge in [-0.15, -0.1) is 0 Å². The molecule has 2 aliphatic rings. The number of aromatic nitrogens is 3. The van der Waals surface area contributed by atoms with Crippen LogP contribution in [0.3, 0.4) is 0 Å². The van der Waals surface area contributed by atoms with Crippen LogP contribution in [-0.4, -0.2) is 61.5 Å². The van der Waals surface area contributed by atoms with Crippen molar-refractivity contribution >= 4 is 24.1 Å². The lowest BCUT2D eigenvalue weighted by atomic mass is 10.1. The second-order valence-electron chi connectivity index (χ2n) is 7.87. The zero-order chi connectivity index (χ0) is 20.8. The minimum absolute atomic E-state index is 0.580. The van der Waals surface area contributed by atoms with Crippen molar-refractivity contribution in [2.45, 2.75) is 38.5 Å². The number of hydrogen-bond donors (Lipinski definition) is 0. The van der Waals surface area contributed by atoms with Crippen LogP contribution in [0.5, 0.6) is 5.75 Å². The fraction of sp³-hybridized carbons (Fsp3) is 0.545. The number of hydrazone groups is 1. The molecule has 1 aromatic heterocycles. The molecule has 0 unspecified atom stereocenters. The second-order valence-corrected chi connectivity index (χ2v) is 7.87. The predicted molar refractivity (Wildman–Crippen MR) is 121 cm³/mol. The molecule has 0 N–H and O–H groups in total. The number of rotatable bonds is 6. The summed E-state index contributed by atoms with van der Waals surface area (Å²) in [4.78, 5) is 18.9. The van der Waals surface area contributed by atoms with Gasteiger partial charge in [-0.05, 0) is 68.4 Å². The summed E-state index contributed by atoms with van der Waals surface area (Å²) in [5.41, 5.74) is 0.990. The zero-order valence-corrected chi connectivity index (χ0v) is 18.0. The highest BCUT2D eigenvalue weighted by Crippen LogP contribution is 2.23. The molecule has 0 saturated carbocycles. The quantitative estimate of drug-likeness (QED) is 0.535. The standard InChI is InChI=1S/C22H31N7O/c1-27(23-17-18-9-11-19(30-2)12-10-18)20-24-21(28-13-5-3-6-14-28)26-22(25-20)29-15-7-4-8-16-29/h9-12,17H,3-8,13-16H2,1-2H3/b23-17+. The van der Waals surface area contributed by atoms with Crippen molar-refractivity contribution in [1.29, 1.82) is 0 Å². The highest BCUT2D eigenvalue weighted by Gasteiger charge is 2.21. The Morgan fingerprint density at radius 2 is 1.37 bits per heavy atom. The van der Waals surface area contributed by atoms with Crippen LogP contribution in [0.15, 0.2) is 29.4 Å². The molecule has 4 rings (SSSR count). The fourth-order valence-electron chi connectivity index (χ4n) is 3.85. The second kappa shape index (κ2) is 9.73. The molecule has 0 aliphatic carbocycles. The highest BCUT2D eigenvalue weighted by atomic mass is 16.5. The Morgan fingerprint density at radius 3 is 1.87 bits per heavy atom. The van der Waals surface area contributed by atoms with E-state index in [1.165, 1.54) is 38.5 Å². The fourth-order valence-corrected chi connectivity index (χ4v) is 3.85. The summed E-state index contributed by atoms with van der Waals surface area (Å²) in [5.74, 6) is 2.95. The topological polar surface area (TPSA) is 70.0 Å². The van der Waals surface area contributed by atoms with Gasteiger partial charge in [-0.3, -0.25) is 0 Å². The lowest BCUT2D eigenvalue weighted by molar-refractivity contribution is 0.415. The Morgan fingerprint density at radius 1 is 0.833 bits per heavy atom. The summed E-state index contributed by atoms with van der Waals surface area (Å²) < 4.78 is 5.21. The largest absolute Gasteiger partial charge is 0.497 e. The van der Waals surface area contributed by atoms with E-state index in [4.69, 9.17) is 19.7 Å². The minimum Gasteiger partial charge on any atom is -0.497 e. The first-order valence-electron chi connectivity index (χ1n) is 10.9. The summed E-state index contributed by atoms with van der Waals surface area (Å²) in [6, 6.07) is 7.80. The maximum absolute atomic E-state index is 5.21. The van der Waals surface area contributed by atoms with Crippen molar-refractivity contribution in [3.05, 3.63) is 29.8 Å². The van der Waals surface area contributed by atoms with Gasteiger partial charge in [-0.1, -0.05) is 0 Å². The molecule has 8 nitrogen and oxygen atoms in total. The van der Waals surface area contributed by atoms with Crippen molar-refractivity contribution in [3.63, 3.8) is 0 Å². The lowest BCUT2D eigenvalue weighted by Crippen LogP contribution is -2.35. The van der Waals surface area contributed by atoms with Crippen LogP contribution in [0.1, 0.15) is 44.1 Å². The molecule has 0 radical (unpaired) electrons. The molecule has 3 heterocycles. The summed E-state index contributed by atoms with van der Waals surface area (Å²) in [7, 11) is 3.55. The van der Waals surface area contributed by atoms with Crippen LogP contribution in [0.2, 0.25) is 0 Å². The molecule has 2 aliphatic heterocycles. The molecule has 0 amide bonds. The van der Waals surface area contributed by atoms with E-state index in [0.29, 0.717) is 5.95 Å². The molecule has 8 heteroatoms. The SMILES string of the molecule is COc1ccc(/C=N/N(C)c2nc(N3CCCCC3)nc(N3CCCCC3)n2)cc1. The van der Waals surface area contributed by atoms with Crippen molar-refractivity contribution in [1.82, 2.24) is 15.0 Å². The molecule has 0 bridgehead atoms. The van der Waals surface area contributed by atoms with E-state index >= 15 is 0 Å². The van der Waals surface area contributed by atoms with Gasteiger partial charge in [0.15, 0.2) is 0 Å². The van der Waals surface area contributed by atoms with Crippen LogP contribution in [-0.2, 0) is 0 Å². The predicted octanol–water partition coefficient (Wildman–Crippen LogP) is 3.33. The molecule has 0 spiro atoms. The van der Waals surface area contributed by atoms with Gasteiger partial charge in [-0.2, -0.15) is 20.1 Å². The van der Waals surface area contributed by atoms with Gasteiger partial charge < -0.3 is 14.5 Å². The molecule has 30 heavy (non-hydrogen) atoms. The van der Waals surface area contributed by atoms with E-state index in [2.05, 4.69) is 14.9 Å². The van der Waals surface area contributed by atoms with Gasteiger partial charge in [-0.25, -0.2) is 5.01 Å². The summed E-state index contributed by atoms with van der Waals surface area (Å²) >= 11 is 0. The normalized spacial score (nSPS) is 17.4. The third-order valence-electron chi connectivity index (χ3n) is 5.66. The molecule has 2 saturated heterocycles. The molecule has 2 fully saturated rings. The number of benzene rings is 1. The van der Waals surface area contributed by atoms with Crippen molar-refractivity contribution in [2.75, 3.05) is 55.1 Å². The molecule has 1 aromatic carbocycles. The Bertz CT molecular complexity index is 807. The smallest absolute Gasteiger partial charge is 0.252 e. The zero-order valence-electron chi connectivity index (χ0n) is 18.0. The van der Waals surface area contributed by atoms with E-state index in [9.17, 15) is 0 Å².